The van der Waals surface area contributed by atoms with E-state index in [4.69, 9.17) is 9.47 Å². The van der Waals surface area contributed by atoms with E-state index in [1.165, 1.54) is 5.56 Å². The Balaban J connectivity index is 1.68. The smallest absolute Gasteiger partial charge is 0.338 e. The summed E-state index contributed by atoms with van der Waals surface area (Å²) in [5.74, 6) is -0.569. The molecule has 1 unspecified atom stereocenters. The molecule has 2 rings (SSSR count). The van der Waals surface area contributed by atoms with Crippen molar-refractivity contribution in [1.82, 2.24) is 0 Å². The molecule has 0 fully saturated rings. The standard InChI is InChI=1S/C25H32O4/c1-3-5-11-20-15-17-22(18-16-20)25(27)29-23(4-2)14-9-10-19-28-24(26)21-12-7-6-8-13-21/h6-8,12-13,15-18,23H,3-5,9-11,14,19H2,1-2H3. The molecule has 0 bridgehead atoms. The number of ether oxygens (including phenoxy) is 2. The minimum Gasteiger partial charge on any atom is -0.462 e. The molecule has 0 aliphatic carbocycles. The Morgan fingerprint density at radius 2 is 1.52 bits per heavy atom. The van der Waals surface area contributed by atoms with Crippen LogP contribution in [0.1, 0.15) is 78.7 Å². The summed E-state index contributed by atoms with van der Waals surface area (Å²) in [6, 6.07) is 16.7. The van der Waals surface area contributed by atoms with E-state index < -0.39 is 0 Å². The first-order chi connectivity index (χ1) is 14.1. The van der Waals surface area contributed by atoms with Gasteiger partial charge in [0.15, 0.2) is 0 Å². The monoisotopic (exact) mass is 396 g/mol. The summed E-state index contributed by atoms with van der Waals surface area (Å²) in [6.07, 6.45) is 6.35. The average molecular weight is 397 g/mol. The molecule has 0 aromatic heterocycles. The van der Waals surface area contributed by atoms with Crippen molar-refractivity contribution in [1.29, 1.82) is 0 Å². The number of aryl methyl sites for hydroxylation is 1. The van der Waals surface area contributed by atoms with Crippen molar-refractivity contribution in [2.24, 2.45) is 0 Å². The third-order valence-electron chi connectivity index (χ3n) is 4.90. The first-order valence-corrected chi connectivity index (χ1v) is 10.7. The molecule has 1 atom stereocenters. The molecular weight excluding hydrogens is 364 g/mol. The lowest BCUT2D eigenvalue weighted by Gasteiger charge is -2.16. The van der Waals surface area contributed by atoms with E-state index in [1.807, 2.05) is 49.4 Å². The number of rotatable bonds is 12. The number of unbranched alkanes of at least 4 members (excludes halogenated alkanes) is 2. The molecule has 0 N–H and O–H groups in total. The molecule has 4 nitrogen and oxygen atoms in total. The van der Waals surface area contributed by atoms with E-state index in [-0.39, 0.29) is 18.0 Å². The summed E-state index contributed by atoms with van der Waals surface area (Å²) in [7, 11) is 0. The van der Waals surface area contributed by atoms with Gasteiger partial charge in [-0.1, -0.05) is 50.6 Å². The zero-order chi connectivity index (χ0) is 20.9. The van der Waals surface area contributed by atoms with Gasteiger partial charge >= 0.3 is 11.9 Å². The molecule has 0 radical (unpaired) electrons. The minimum absolute atomic E-state index is 0.118. The Bertz CT molecular complexity index is 737. The first-order valence-electron chi connectivity index (χ1n) is 10.7. The van der Waals surface area contributed by atoms with E-state index >= 15 is 0 Å². The SMILES string of the molecule is CCCCc1ccc(C(=O)OC(CC)CCCCOC(=O)c2ccccc2)cc1. The predicted molar refractivity (Wildman–Crippen MR) is 115 cm³/mol. The number of carbonyl (C=O) groups is 2. The van der Waals surface area contributed by atoms with Gasteiger partial charge in [-0.2, -0.15) is 0 Å². The van der Waals surface area contributed by atoms with Gasteiger partial charge in [-0.25, -0.2) is 9.59 Å². The van der Waals surface area contributed by atoms with Crippen LogP contribution in [-0.4, -0.2) is 24.6 Å². The second-order valence-electron chi connectivity index (χ2n) is 7.23. The Hall–Kier alpha value is -2.62. The summed E-state index contributed by atoms with van der Waals surface area (Å²) in [6.45, 7) is 4.56. The second kappa shape index (κ2) is 12.8. The highest BCUT2D eigenvalue weighted by atomic mass is 16.5. The summed E-state index contributed by atoms with van der Waals surface area (Å²) >= 11 is 0. The molecule has 4 heteroatoms. The molecule has 0 heterocycles. The van der Waals surface area contributed by atoms with Crippen molar-refractivity contribution in [3.8, 4) is 0 Å². The topological polar surface area (TPSA) is 52.6 Å². The van der Waals surface area contributed by atoms with E-state index in [0.717, 1.165) is 44.9 Å². The summed E-state index contributed by atoms with van der Waals surface area (Å²) in [5, 5.41) is 0. The Morgan fingerprint density at radius 1 is 0.828 bits per heavy atom. The lowest BCUT2D eigenvalue weighted by molar-refractivity contribution is 0.0261. The zero-order valence-electron chi connectivity index (χ0n) is 17.6. The molecular formula is C25H32O4. The van der Waals surface area contributed by atoms with Crippen molar-refractivity contribution < 1.29 is 19.1 Å². The average Bonchev–Trinajstić information content (AvgIpc) is 2.77. The normalized spacial score (nSPS) is 11.7. The van der Waals surface area contributed by atoms with Crippen LogP contribution in [0, 0.1) is 0 Å². The van der Waals surface area contributed by atoms with Crippen LogP contribution in [0.15, 0.2) is 54.6 Å². The molecule has 0 saturated heterocycles. The highest BCUT2D eigenvalue weighted by molar-refractivity contribution is 5.89. The highest BCUT2D eigenvalue weighted by Gasteiger charge is 2.14. The fourth-order valence-corrected chi connectivity index (χ4v) is 3.05. The maximum atomic E-state index is 12.4. The third kappa shape index (κ3) is 8.10. The molecule has 0 aliphatic heterocycles. The van der Waals surface area contributed by atoms with Crippen molar-refractivity contribution in [2.75, 3.05) is 6.61 Å². The fourth-order valence-electron chi connectivity index (χ4n) is 3.05. The number of hydrogen-bond donors (Lipinski definition) is 0. The van der Waals surface area contributed by atoms with Crippen LogP contribution in [0.5, 0.6) is 0 Å². The van der Waals surface area contributed by atoms with Crippen LogP contribution >= 0.6 is 0 Å². The zero-order valence-corrected chi connectivity index (χ0v) is 17.6. The maximum Gasteiger partial charge on any atom is 0.338 e. The van der Waals surface area contributed by atoms with E-state index in [0.29, 0.717) is 17.7 Å². The Kier molecular flexibility index (Phi) is 9.98. The third-order valence-corrected chi connectivity index (χ3v) is 4.90. The molecule has 0 amide bonds. The second-order valence-corrected chi connectivity index (χ2v) is 7.23. The van der Waals surface area contributed by atoms with Gasteiger partial charge in [0.25, 0.3) is 0 Å². The number of esters is 2. The van der Waals surface area contributed by atoms with Gasteiger partial charge in [0.05, 0.1) is 17.7 Å². The van der Waals surface area contributed by atoms with Crippen LogP contribution in [0.3, 0.4) is 0 Å². The van der Waals surface area contributed by atoms with Gasteiger partial charge in [-0.3, -0.25) is 0 Å². The number of benzene rings is 2. The summed E-state index contributed by atoms with van der Waals surface area (Å²) in [5.41, 5.74) is 2.41. The number of hydrogen-bond acceptors (Lipinski definition) is 4. The Morgan fingerprint density at radius 3 is 2.17 bits per heavy atom. The van der Waals surface area contributed by atoms with Crippen LogP contribution in [-0.2, 0) is 15.9 Å². The molecule has 0 aliphatic rings. The van der Waals surface area contributed by atoms with E-state index in [1.54, 1.807) is 12.1 Å². The van der Waals surface area contributed by atoms with Gasteiger partial charge in [-0.15, -0.1) is 0 Å². The predicted octanol–water partition coefficient (Wildman–Crippen LogP) is 5.99. The van der Waals surface area contributed by atoms with Crippen LogP contribution in [0.25, 0.3) is 0 Å². The first kappa shape index (κ1) is 22.7. The van der Waals surface area contributed by atoms with E-state index in [2.05, 4.69) is 6.92 Å². The Labute approximate surface area is 174 Å². The van der Waals surface area contributed by atoms with Crippen LogP contribution in [0.2, 0.25) is 0 Å². The van der Waals surface area contributed by atoms with Gasteiger partial charge in [-0.05, 0) is 68.4 Å². The van der Waals surface area contributed by atoms with Crippen LogP contribution < -0.4 is 0 Å². The van der Waals surface area contributed by atoms with Gasteiger partial charge in [0.1, 0.15) is 6.10 Å². The highest BCUT2D eigenvalue weighted by Crippen LogP contribution is 2.14. The largest absolute Gasteiger partial charge is 0.462 e. The molecule has 0 spiro atoms. The van der Waals surface area contributed by atoms with Gasteiger partial charge in [0, 0.05) is 0 Å². The van der Waals surface area contributed by atoms with Gasteiger partial charge in [0.2, 0.25) is 0 Å². The van der Waals surface area contributed by atoms with Crippen molar-refractivity contribution in [3.63, 3.8) is 0 Å². The van der Waals surface area contributed by atoms with Crippen molar-refractivity contribution in [2.45, 2.75) is 64.9 Å². The molecule has 2 aromatic rings. The fraction of sp³-hybridized carbons (Fsp3) is 0.440. The lowest BCUT2D eigenvalue weighted by atomic mass is 10.1. The molecule has 156 valence electrons. The molecule has 0 saturated carbocycles. The quantitative estimate of drug-likeness (QED) is 0.326. The molecule has 2 aromatic carbocycles. The van der Waals surface area contributed by atoms with Crippen LogP contribution in [0.4, 0.5) is 0 Å². The summed E-state index contributed by atoms with van der Waals surface area (Å²) in [4.78, 5) is 24.3. The maximum absolute atomic E-state index is 12.4. The number of carbonyl (C=O) groups excluding carboxylic acids is 2. The van der Waals surface area contributed by atoms with Crippen molar-refractivity contribution in [3.05, 3.63) is 71.3 Å². The van der Waals surface area contributed by atoms with Crippen molar-refractivity contribution >= 4 is 11.9 Å². The van der Waals surface area contributed by atoms with E-state index in [9.17, 15) is 9.59 Å². The lowest BCUT2D eigenvalue weighted by Crippen LogP contribution is -2.18. The molecule has 29 heavy (non-hydrogen) atoms. The summed E-state index contributed by atoms with van der Waals surface area (Å²) < 4.78 is 10.9. The minimum atomic E-state index is -0.300. The van der Waals surface area contributed by atoms with Gasteiger partial charge < -0.3 is 9.47 Å².